The van der Waals surface area contributed by atoms with Crippen LogP contribution in [0.3, 0.4) is 0 Å². The van der Waals surface area contributed by atoms with Crippen LogP contribution < -0.4 is 10.3 Å². The van der Waals surface area contributed by atoms with E-state index in [9.17, 15) is 9.59 Å². The van der Waals surface area contributed by atoms with Crippen molar-refractivity contribution >= 4 is 34.3 Å². The summed E-state index contributed by atoms with van der Waals surface area (Å²) in [6, 6.07) is 17.5. The quantitative estimate of drug-likeness (QED) is 0.478. The third-order valence-corrected chi connectivity index (χ3v) is 5.32. The SMILES string of the molecule is Cc1ccc2oc3c(c(=O)c2c1)C(c1ccccc1)N(c1ccc(Cl)cn1)C3=O. The van der Waals surface area contributed by atoms with Gasteiger partial charge >= 0.3 is 0 Å². The first-order valence-electron chi connectivity index (χ1n) is 9.12. The minimum absolute atomic E-state index is 0.0527. The number of pyridine rings is 1. The van der Waals surface area contributed by atoms with Crippen LogP contribution in [0.2, 0.25) is 5.02 Å². The predicted molar refractivity (Wildman–Crippen MR) is 112 cm³/mol. The number of fused-ring (bicyclic) bond motifs is 2. The van der Waals surface area contributed by atoms with Crippen molar-refractivity contribution in [3.05, 3.63) is 105 Å². The summed E-state index contributed by atoms with van der Waals surface area (Å²) in [4.78, 5) is 32.6. The van der Waals surface area contributed by atoms with Gasteiger partial charge in [0, 0.05) is 6.20 Å². The fourth-order valence-corrected chi connectivity index (χ4v) is 3.90. The van der Waals surface area contributed by atoms with Crippen LogP contribution in [-0.2, 0) is 0 Å². The first-order valence-corrected chi connectivity index (χ1v) is 9.50. The zero-order valence-electron chi connectivity index (χ0n) is 15.4. The standard InChI is InChI=1S/C23H15ClN2O3/c1-13-7-9-17-16(11-13)21(27)19-20(14-5-3-2-4-6-14)26(23(28)22(19)29-17)18-10-8-15(24)12-25-18/h2-12,20H,1H3. The number of hydrogen-bond donors (Lipinski definition) is 0. The van der Waals surface area contributed by atoms with Crippen molar-refractivity contribution in [1.29, 1.82) is 0 Å². The van der Waals surface area contributed by atoms with Gasteiger partial charge in [0.2, 0.25) is 5.76 Å². The maximum absolute atomic E-state index is 13.5. The monoisotopic (exact) mass is 402 g/mol. The van der Waals surface area contributed by atoms with E-state index in [-0.39, 0.29) is 11.2 Å². The lowest BCUT2D eigenvalue weighted by Crippen LogP contribution is -2.30. The molecule has 0 radical (unpaired) electrons. The summed E-state index contributed by atoms with van der Waals surface area (Å²) in [6.07, 6.45) is 1.48. The molecule has 1 atom stereocenters. The van der Waals surface area contributed by atoms with Crippen LogP contribution in [0.5, 0.6) is 0 Å². The van der Waals surface area contributed by atoms with Gasteiger partial charge in [-0.1, -0.05) is 53.6 Å². The maximum Gasteiger partial charge on any atom is 0.296 e. The highest BCUT2D eigenvalue weighted by molar-refractivity contribution is 6.30. The molecule has 1 aliphatic heterocycles. The zero-order valence-corrected chi connectivity index (χ0v) is 16.2. The van der Waals surface area contributed by atoms with Gasteiger partial charge in [0.05, 0.1) is 22.0 Å². The number of carbonyl (C=O) groups is 1. The number of benzene rings is 2. The molecule has 4 aromatic rings. The summed E-state index contributed by atoms with van der Waals surface area (Å²) in [6.45, 7) is 1.91. The van der Waals surface area contributed by atoms with Gasteiger partial charge in [-0.3, -0.25) is 14.5 Å². The highest BCUT2D eigenvalue weighted by atomic mass is 35.5. The third kappa shape index (κ3) is 2.74. The van der Waals surface area contributed by atoms with Gasteiger partial charge in [0.15, 0.2) is 5.43 Å². The Kier molecular flexibility index (Phi) is 4.00. The lowest BCUT2D eigenvalue weighted by molar-refractivity contribution is 0.0970. The zero-order chi connectivity index (χ0) is 20.1. The Morgan fingerprint density at radius 2 is 1.83 bits per heavy atom. The molecule has 0 aliphatic carbocycles. The van der Waals surface area contributed by atoms with Crippen LogP contribution in [0.4, 0.5) is 5.82 Å². The second kappa shape index (κ2) is 6.57. The molecule has 6 heteroatoms. The van der Waals surface area contributed by atoms with Crippen LogP contribution in [0.25, 0.3) is 11.0 Å². The summed E-state index contributed by atoms with van der Waals surface area (Å²) >= 11 is 5.97. The molecule has 5 rings (SSSR count). The van der Waals surface area contributed by atoms with Gasteiger partial charge < -0.3 is 4.42 Å². The lowest BCUT2D eigenvalue weighted by Gasteiger charge is -2.24. The van der Waals surface area contributed by atoms with E-state index in [0.29, 0.717) is 27.4 Å². The first-order chi connectivity index (χ1) is 14.0. The molecule has 0 bridgehead atoms. The normalized spacial score (nSPS) is 15.7. The molecule has 0 saturated heterocycles. The van der Waals surface area contributed by atoms with Crippen LogP contribution in [0, 0.1) is 6.92 Å². The van der Waals surface area contributed by atoms with Crippen molar-refractivity contribution in [2.75, 3.05) is 4.90 Å². The van der Waals surface area contributed by atoms with E-state index >= 15 is 0 Å². The van der Waals surface area contributed by atoms with E-state index < -0.39 is 11.9 Å². The summed E-state index contributed by atoms with van der Waals surface area (Å²) < 4.78 is 5.93. The Labute approximate surface area is 171 Å². The Morgan fingerprint density at radius 1 is 1.03 bits per heavy atom. The van der Waals surface area contributed by atoms with Crippen LogP contribution in [-0.4, -0.2) is 10.9 Å². The van der Waals surface area contributed by atoms with Crippen molar-refractivity contribution in [2.45, 2.75) is 13.0 Å². The molecule has 0 spiro atoms. The molecule has 29 heavy (non-hydrogen) atoms. The molecule has 0 saturated carbocycles. The Balaban J connectivity index is 1.82. The third-order valence-electron chi connectivity index (χ3n) is 5.10. The molecular weight excluding hydrogens is 388 g/mol. The van der Waals surface area contributed by atoms with Crippen LogP contribution >= 0.6 is 11.6 Å². The Hall–Kier alpha value is -3.44. The van der Waals surface area contributed by atoms with Crippen molar-refractivity contribution in [2.24, 2.45) is 0 Å². The summed E-state index contributed by atoms with van der Waals surface area (Å²) in [5.41, 5.74) is 2.27. The van der Waals surface area contributed by atoms with Gasteiger partial charge in [0.1, 0.15) is 11.4 Å². The predicted octanol–water partition coefficient (Wildman–Crippen LogP) is 4.90. The molecule has 1 unspecified atom stereocenters. The molecular formula is C23H15ClN2O3. The number of carbonyl (C=O) groups excluding carboxylic acids is 1. The second-order valence-electron chi connectivity index (χ2n) is 7.00. The number of halogens is 1. The van der Waals surface area contributed by atoms with Gasteiger partial charge in [-0.2, -0.15) is 0 Å². The molecule has 0 N–H and O–H groups in total. The molecule has 1 amide bonds. The summed E-state index contributed by atoms with van der Waals surface area (Å²) in [7, 11) is 0. The largest absolute Gasteiger partial charge is 0.450 e. The first kappa shape index (κ1) is 17.6. The fourth-order valence-electron chi connectivity index (χ4n) is 3.78. The lowest BCUT2D eigenvalue weighted by atomic mass is 9.98. The maximum atomic E-state index is 13.5. The molecule has 3 heterocycles. The van der Waals surface area contributed by atoms with Crippen molar-refractivity contribution < 1.29 is 9.21 Å². The number of aromatic nitrogens is 1. The average Bonchev–Trinajstić information content (AvgIpc) is 3.03. The fraction of sp³-hybridized carbons (Fsp3) is 0.0870. The number of anilines is 1. The molecule has 142 valence electrons. The average molecular weight is 403 g/mol. The topological polar surface area (TPSA) is 63.4 Å². The van der Waals surface area contributed by atoms with E-state index in [0.717, 1.165) is 11.1 Å². The van der Waals surface area contributed by atoms with Gasteiger partial charge in [-0.05, 0) is 36.8 Å². The number of nitrogens with zero attached hydrogens (tertiary/aromatic N) is 2. The number of amides is 1. The Morgan fingerprint density at radius 3 is 2.55 bits per heavy atom. The molecule has 1 aliphatic rings. The summed E-state index contributed by atoms with van der Waals surface area (Å²) in [5.74, 6) is 0.0551. The van der Waals surface area contributed by atoms with Crippen molar-refractivity contribution in [3.63, 3.8) is 0 Å². The highest BCUT2D eigenvalue weighted by Gasteiger charge is 2.44. The Bertz CT molecular complexity index is 1310. The van der Waals surface area contributed by atoms with E-state index in [1.165, 1.54) is 11.1 Å². The van der Waals surface area contributed by atoms with Gasteiger partial charge in [-0.15, -0.1) is 0 Å². The number of rotatable bonds is 2. The van der Waals surface area contributed by atoms with Gasteiger partial charge in [-0.25, -0.2) is 4.98 Å². The second-order valence-corrected chi connectivity index (χ2v) is 7.43. The van der Waals surface area contributed by atoms with E-state index in [1.54, 1.807) is 24.3 Å². The molecule has 2 aromatic heterocycles. The van der Waals surface area contributed by atoms with Crippen molar-refractivity contribution in [1.82, 2.24) is 4.98 Å². The van der Waals surface area contributed by atoms with E-state index in [1.807, 2.05) is 43.3 Å². The van der Waals surface area contributed by atoms with Crippen molar-refractivity contribution in [3.8, 4) is 0 Å². The smallest absolute Gasteiger partial charge is 0.296 e. The van der Waals surface area contributed by atoms with E-state index in [2.05, 4.69) is 4.98 Å². The minimum Gasteiger partial charge on any atom is -0.450 e. The number of aryl methyl sites for hydroxylation is 1. The van der Waals surface area contributed by atoms with Crippen LogP contribution in [0.15, 0.2) is 76.1 Å². The molecule has 5 nitrogen and oxygen atoms in total. The highest BCUT2D eigenvalue weighted by Crippen LogP contribution is 2.40. The molecule has 0 fully saturated rings. The van der Waals surface area contributed by atoms with Gasteiger partial charge in [0.25, 0.3) is 5.91 Å². The van der Waals surface area contributed by atoms with E-state index in [4.69, 9.17) is 16.0 Å². The molecule has 2 aromatic carbocycles. The number of hydrogen-bond acceptors (Lipinski definition) is 4. The minimum atomic E-state index is -0.631. The summed E-state index contributed by atoms with van der Waals surface area (Å²) in [5, 5.41) is 0.924. The van der Waals surface area contributed by atoms with Crippen LogP contribution in [0.1, 0.15) is 33.3 Å².